The van der Waals surface area contributed by atoms with Crippen LogP contribution >= 0.6 is 0 Å². The molecule has 0 amide bonds. The van der Waals surface area contributed by atoms with Gasteiger partial charge >= 0.3 is 0 Å². The van der Waals surface area contributed by atoms with E-state index in [1.165, 1.54) is 39.0 Å². The van der Waals surface area contributed by atoms with Gasteiger partial charge in [0.15, 0.2) is 0 Å². The number of nitrogens with zero attached hydrogens (tertiary/aromatic N) is 2. The maximum Gasteiger partial charge on any atom is 0.0194 e. The van der Waals surface area contributed by atoms with Crippen molar-refractivity contribution in [3.8, 4) is 0 Å². The van der Waals surface area contributed by atoms with E-state index in [9.17, 15) is 0 Å². The summed E-state index contributed by atoms with van der Waals surface area (Å²) in [5, 5.41) is 3.49. The smallest absolute Gasteiger partial charge is 0.0194 e. The lowest BCUT2D eigenvalue weighted by atomic mass is 10.2. The molecule has 0 aromatic heterocycles. The topological polar surface area (TPSA) is 18.5 Å². The maximum atomic E-state index is 3.49. The van der Waals surface area contributed by atoms with Gasteiger partial charge in [-0.1, -0.05) is 13.8 Å². The number of likely N-dealkylation sites (N-methyl/N-ethyl adjacent to an activating group) is 1. The third kappa shape index (κ3) is 5.28. The molecule has 1 aliphatic heterocycles. The fraction of sp³-hybridized carbons (Fsp3) is 1.00. The molecule has 1 fully saturated rings. The molecule has 0 aromatic carbocycles. The molecule has 3 heteroatoms. The van der Waals surface area contributed by atoms with Crippen LogP contribution in [0.25, 0.3) is 0 Å². The van der Waals surface area contributed by atoms with E-state index in [1.54, 1.807) is 0 Å². The first kappa shape index (κ1) is 13.9. The Morgan fingerprint density at radius 2 is 2.06 bits per heavy atom. The summed E-state index contributed by atoms with van der Waals surface area (Å²) >= 11 is 0. The fourth-order valence-corrected chi connectivity index (χ4v) is 2.43. The van der Waals surface area contributed by atoms with Crippen LogP contribution in [-0.4, -0.2) is 61.7 Å². The molecule has 0 bridgehead atoms. The molecule has 0 spiro atoms. The summed E-state index contributed by atoms with van der Waals surface area (Å²) in [6.45, 7) is 12.9. The predicted molar refractivity (Wildman–Crippen MR) is 70.9 cm³/mol. The van der Waals surface area contributed by atoms with Crippen LogP contribution in [0.4, 0.5) is 0 Å². The number of rotatable bonds is 5. The Balaban J connectivity index is 2.19. The maximum absolute atomic E-state index is 3.49. The average molecular weight is 227 g/mol. The quantitative estimate of drug-likeness (QED) is 0.716. The van der Waals surface area contributed by atoms with Crippen molar-refractivity contribution in [1.82, 2.24) is 15.1 Å². The van der Waals surface area contributed by atoms with Gasteiger partial charge in [0, 0.05) is 18.6 Å². The van der Waals surface area contributed by atoms with E-state index in [0.29, 0.717) is 12.1 Å². The standard InChI is InChI=1S/C13H29N3/c1-12(2)14-7-5-9-16-10-6-8-15(4)11-13(16)3/h12-14H,5-11H2,1-4H3. The first-order valence-electron chi connectivity index (χ1n) is 6.75. The van der Waals surface area contributed by atoms with Crippen molar-refractivity contribution in [3.05, 3.63) is 0 Å². The lowest BCUT2D eigenvalue weighted by Gasteiger charge is -2.27. The molecule has 1 atom stereocenters. The van der Waals surface area contributed by atoms with Crippen molar-refractivity contribution in [2.75, 3.05) is 39.8 Å². The van der Waals surface area contributed by atoms with Gasteiger partial charge in [-0.3, -0.25) is 4.90 Å². The normalized spacial score (nSPS) is 24.9. The van der Waals surface area contributed by atoms with Crippen LogP contribution in [0.2, 0.25) is 0 Å². The van der Waals surface area contributed by atoms with Gasteiger partial charge in [-0.25, -0.2) is 0 Å². The summed E-state index contributed by atoms with van der Waals surface area (Å²) < 4.78 is 0. The lowest BCUT2D eigenvalue weighted by molar-refractivity contribution is 0.199. The second-order valence-corrected chi connectivity index (χ2v) is 5.46. The molecule has 0 radical (unpaired) electrons. The highest BCUT2D eigenvalue weighted by molar-refractivity contribution is 4.75. The van der Waals surface area contributed by atoms with E-state index in [0.717, 1.165) is 6.54 Å². The number of hydrogen-bond acceptors (Lipinski definition) is 3. The molecule has 0 aliphatic carbocycles. The molecule has 1 aliphatic rings. The second-order valence-electron chi connectivity index (χ2n) is 5.46. The molecule has 0 aromatic rings. The summed E-state index contributed by atoms with van der Waals surface area (Å²) in [7, 11) is 2.24. The van der Waals surface area contributed by atoms with Gasteiger partial charge < -0.3 is 10.2 Å². The van der Waals surface area contributed by atoms with Gasteiger partial charge in [-0.2, -0.15) is 0 Å². The fourth-order valence-electron chi connectivity index (χ4n) is 2.43. The number of hydrogen-bond donors (Lipinski definition) is 1. The van der Waals surface area contributed by atoms with Crippen LogP contribution in [0.5, 0.6) is 0 Å². The summed E-state index contributed by atoms with van der Waals surface area (Å²) in [4.78, 5) is 5.10. The van der Waals surface area contributed by atoms with Gasteiger partial charge in [0.05, 0.1) is 0 Å². The average Bonchev–Trinajstić information content (AvgIpc) is 2.35. The highest BCUT2D eigenvalue weighted by atomic mass is 15.2. The SMILES string of the molecule is CC(C)NCCCN1CCCN(C)CC1C. The second kappa shape index (κ2) is 7.25. The minimum atomic E-state index is 0.618. The first-order chi connectivity index (χ1) is 7.59. The monoisotopic (exact) mass is 227 g/mol. The Morgan fingerprint density at radius 3 is 2.75 bits per heavy atom. The first-order valence-corrected chi connectivity index (χ1v) is 6.75. The highest BCUT2D eigenvalue weighted by Gasteiger charge is 2.18. The number of nitrogens with one attached hydrogen (secondary N) is 1. The minimum Gasteiger partial charge on any atom is -0.314 e. The molecule has 96 valence electrons. The lowest BCUT2D eigenvalue weighted by Crippen LogP contribution is -2.39. The van der Waals surface area contributed by atoms with Crippen LogP contribution in [0.3, 0.4) is 0 Å². The van der Waals surface area contributed by atoms with Gasteiger partial charge in [-0.05, 0) is 53.0 Å². The highest BCUT2D eigenvalue weighted by Crippen LogP contribution is 2.08. The molecule has 1 heterocycles. The third-order valence-corrected chi connectivity index (χ3v) is 3.36. The third-order valence-electron chi connectivity index (χ3n) is 3.36. The van der Waals surface area contributed by atoms with E-state index < -0.39 is 0 Å². The molecule has 3 nitrogen and oxygen atoms in total. The van der Waals surface area contributed by atoms with Crippen molar-refractivity contribution in [2.24, 2.45) is 0 Å². The van der Waals surface area contributed by atoms with Crippen molar-refractivity contribution in [1.29, 1.82) is 0 Å². The zero-order valence-corrected chi connectivity index (χ0v) is 11.5. The molecule has 16 heavy (non-hydrogen) atoms. The predicted octanol–water partition coefficient (Wildman–Crippen LogP) is 1.40. The Bertz CT molecular complexity index is 182. The van der Waals surface area contributed by atoms with Gasteiger partial charge in [0.1, 0.15) is 0 Å². The summed E-state index contributed by atoms with van der Waals surface area (Å²) in [6.07, 6.45) is 2.59. The van der Waals surface area contributed by atoms with Crippen LogP contribution < -0.4 is 5.32 Å². The van der Waals surface area contributed by atoms with Gasteiger partial charge in [0.25, 0.3) is 0 Å². The minimum absolute atomic E-state index is 0.618. The van der Waals surface area contributed by atoms with Crippen LogP contribution in [-0.2, 0) is 0 Å². The Labute approximate surface area is 101 Å². The largest absolute Gasteiger partial charge is 0.314 e. The van der Waals surface area contributed by atoms with Crippen molar-refractivity contribution in [3.63, 3.8) is 0 Å². The summed E-state index contributed by atoms with van der Waals surface area (Å²) in [6, 6.07) is 1.33. The van der Waals surface area contributed by atoms with E-state index >= 15 is 0 Å². The molecule has 1 unspecified atom stereocenters. The van der Waals surface area contributed by atoms with Crippen molar-refractivity contribution in [2.45, 2.75) is 45.7 Å². The molecule has 1 rings (SSSR count). The van der Waals surface area contributed by atoms with E-state index in [1.807, 2.05) is 0 Å². The Hall–Kier alpha value is -0.120. The van der Waals surface area contributed by atoms with Gasteiger partial charge in [0.2, 0.25) is 0 Å². The Morgan fingerprint density at radius 1 is 1.31 bits per heavy atom. The molecule has 1 N–H and O–H groups in total. The zero-order chi connectivity index (χ0) is 12.0. The van der Waals surface area contributed by atoms with Crippen LogP contribution in [0, 0.1) is 0 Å². The van der Waals surface area contributed by atoms with Crippen molar-refractivity contribution < 1.29 is 0 Å². The van der Waals surface area contributed by atoms with E-state index in [4.69, 9.17) is 0 Å². The van der Waals surface area contributed by atoms with E-state index in [2.05, 4.69) is 42.9 Å². The van der Waals surface area contributed by atoms with Crippen molar-refractivity contribution >= 4 is 0 Å². The molecule has 0 saturated carbocycles. The van der Waals surface area contributed by atoms with Crippen LogP contribution in [0.1, 0.15) is 33.6 Å². The Kier molecular flexibility index (Phi) is 6.32. The van der Waals surface area contributed by atoms with E-state index in [-0.39, 0.29) is 0 Å². The molecular formula is C13H29N3. The zero-order valence-electron chi connectivity index (χ0n) is 11.5. The van der Waals surface area contributed by atoms with Crippen LogP contribution in [0.15, 0.2) is 0 Å². The van der Waals surface area contributed by atoms with Gasteiger partial charge in [-0.15, -0.1) is 0 Å². The molecule has 1 saturated heterocycles. The summed E-state index contributed by atoms with van der Waals surface area (Å²) in [5.41, 5.74) is 0. The summed E-state index contributed by atoms with van der Waals surface area (Å²) in [5.74, 6) is 0. The molecular weight excluding hydrogens is 198 g/mol.